The fourth-order valence-corrected chi connectivity index (χ4v) is 5.11. The molecule has 0 radical (unpaired) electrons. The molecule has 5 aromatic rings. The summed E-state index contributed by atoms with van der Waals surface area (Å²) >= 11 is 6.11. The van der Waals surface area contributed by atoms with E-state index in [2.05, 4.69) is 33.7 Å². The van der Waals surface area contributed by atoms with Crippen LogP contribution in [0.1, 0.15) is 28.3 Å². The van der Waals surface area contributed by atoms with Gasteiger partial charge in [-0.2, -0.15) is 9.41 Å². The second-order valence-corrected chi connectivity index (χ2v) is 9.74. The molecule has 3 aromatic carbocycles. The highest BCUT2D eigenvalue weighted by Gasteiger charge is 2.30. The van der Waals surface area contributed by atoms with Gasteiger partial charge in [0.05, 0.1) is 33.4 Å². The molecule has 0 aliphatic carbocycles. The van der Waals surface area contributed by atoms with E-state index in [1.807, 2.05) is 37.3 Å². The molecule has 1 aliphatic rings. The zero-order valence-electron chi connectivity index (χ0n) is 20.4. The molecule has 0 fully saturated rings. The highest BCUT2D eigenvalue weighted by atomic mass is 35.5. The van der Waals surface area contributed by atoms with Crippen LogP contribution < -0.4 is 4.73 Å². The number of hydrogen-bond acceptors (Lipinski definition) is 5. The molecule has 3 heterocycles. The number of pyridine rings is 1. The Morgan fingerprint density at radius 1 is 1.08 bits per heavy atom. The van der Waals surface area contributed by atoms with Crippen molar-refractivity contribution >= 4 is 23.0 Å². The molecule has 2 aromatic heterocycles. The molecule has 0 saturated heterocycles. The minimum atomic E-state index is -0.653. The molecule has 188 valence electrons. The van der Waals surface area contributed by atoms with Gasteiger partial charge in [-0.3, -0.25) is 4.99 Å². The molecule has 1 aliphatic heterocycles. The summed E-state index contributed by atoms with van der Waals surface area (Å²) in [5, 5.41) is 24.7. The highest BCUT2D eigenvalue weighted by molar-refractivity contribution is 6.31. The van der Waals surface area contributed by atoms with E-state index in [-0.39, 0.29) is 16.5 Å². The number of benzene rings is 3. The van der Waals surface area contributed by atoms with Gasteiger partial charge in [0, 0.05) is 18.2 Å². The first-order chi connectivity index (χ1) is 18.5. The van der Waals surface area contributed by atoms with Crippen molar-refractivity contribution in [3.05, 3.63) is 124 Å². The Labute approximate surface area is 223 Å². The molecular weight excluding hydrogens is 503 g/mol. The van der Waals surface area contributed by atoms with Crippen molar-refractivity contribution in [1.82, 2.24) is 20.2 Å². The summed E-state index contributed by atoms with van der Waals surface area (Å²) in [5.74, 6) is -0.918. The lowest BCUT2D eigenvalue weighted by Gasteiger charge is -2.18. The van der Waals surface area contributed by atoms with E-state index < -0.39 is 5.82 Å². The summed E-state index contributed by atoms with van der Waals surface area (Å²) in [6, 6.07) is 22.8. The van der Waals surface area contributed by atoms with Crippen LogP contribution in [-0.4, -0.2) is 25.9 Å². The van der Waals surface area contributed by atoms with Gasteiger partial charge in [0.25, 0.3) is 0 Å². The number of tetrazole rings is 1. The molecule has 0 amide bonds. The summed E-state index contributed by atoms with van der Waals surface area (Å²) in [7, 11) is 0. The van der Waals surface area contributed by atoms with Gasteiger partial charge in [-0.25, -0.2) is 4.39 Å². The maximum absolute atomic E-state index is 15.3. The van der Waals surface area contributed by atoms with E-state index in [0.29, 0.717) is 29.8 Å². The number of aliphatic imine (C=N–C) groups is 1. The van der Waals surface area contributed by atoms with Gasteiger partial charge in [0.2, 0.25) is 5.69 Å². The van der Waals surface area contributed by atoms with Crippen molar-refractivity contribution in [3.63, 3.8) is 0 Å². The van der Waals surface area contributed by atoms with E-state index >= 15 is 4.39 Å². The fourth-order valence-electron chi connectivity index (χ4n) is 4.95. The number of fused-ring (bicyclic) bond motifs is 1. The van der Waals surface area contributed by atoms with Crippen molar-refractivity contribution in [3.8, 4) is 16.8 Å². The van der Waals surface area contributed by atoms with Gasteiger partial charge < -0.3 is 5.21 Å². The van der Waals surface area contributed by atoms with E-state index in [4.69, 9.17) is 16.6 Å². The molecular formula is C29H22ClFN6O. The number of hydrogen-bond donors (Lipinski definition) is 0. The monoisotopic (exact) mass is 524 g/mol. The van der Waals surface area contributed by atoms with Crippen molar-refractivity contribution in [2.24, 2.45) is 4.99 Å². The van der Waals surface area contributed by atoms with E-state index in [0.717, 1.165) is 32.8 Å². The predicted octanol–water partition coefficient (Wildman–Crippen LogP) is 5.72. The van der Waals surface area contributed by atoms with Crippen LogP contribution in [0.3, 0.4) is 0 Å². The van der Waals surface area contributed by atoms with Crippen LogP contribution in [0.5, 0.6) is 0 Å². The van der Waals surface area contributed by atoms with Gasteiger partial charge in [-0.05, 0) is 64.7 Å². The molecule has 9 heteroatoms. The molecule has 1 atom stereocenters. The molecule has 0 unspecified atom stereocenters. The molecule has 38 heavy (non-hydrogen) atoms. The van der Waals surface area contributed by atoms with Crippen LogP contribution in [0.2, 0.25) is 5.02 Å². The summed E-state index contributed by atoms with van der Waals surface area (Å²) < 4.78 is 17.4. The molecule has 0 bridgehead atoms. The molecule has 6 rings (SSSR count). The number of aromatic nitrogens is 5. The lowest BCUT2D eigenvalue weighted by atomic mass is 9.88. The molecule has 0 spiro atoms. The van der Waals surface area contributed by atoms with Crippen molar-refractivity contribution in [2.75, 3.05) is 0 Å². The number of aryl methyl sites for hydroxylation is 1. The lowest BCUT2D eigenvalue weighted by Crippen LogP contribution is -2.36. The van der Waals surface area contributed by atoms with Gasteiger partial charge in [-0.1, -0.05) is 54.1 Å². The number of nitrogens with zero attached hydrogens (tertiary/aromatic N) is 6. The minimum Gasteiger partial charge on any atom is -0.618 e. The summed E-state index contributed by atoms with van der Waals surface area (Å²) in [6.07, 6.45) is 4.01. The second-order valence-electron chi connectivity index (χ2n) is 9.33. The smallest absolute Gasteiger partial charge is 0.201 e. The first-order valence-electron chi connectivity index (χ1n) is 12.1. The normalized spacial score (nSPS) is 13.3. The first-order valence-corrected chi connectivity index (χ1v) is 12.5. The Morgan fingerprint density at radius 3 is 2.68 bits per heavy atom. The van der Waals surface area contributed by atoms with Gasteiger partial charge in [0.15, 0.2) is 12.0 Å². The standard InChI is InChI=1S/C29H22ClFN6O/c1-18-7-8-20-15-25(33-24(20)13-18)22(14-19-5-3-2-4-6-19)26-11-9-21(16-37(26)38)28-27(36-17-32-34-35-36)12-10-23(30)29(28)31/h2-13,16-17,22H,14-15H2,1H3/t22-/m0/s1. The van der Waals surface area contributed by atoms with Crippen LogP contribution in [0, 0.1) is 17.9 Å². The third-order valence-electron chi connectivity index (χ3n) is 6.82. The van der Waals surface area contributed by atoms with Crippen LogP contribution >= 0.6 is 11.6 Å². The lowest BCUT2D eigenvalue weighted by molar-refractivity contribution is -0.614. The Hall–Kier alpha value is -4.43. The van der Waals surface area contributed by atoms with E-state index in [1.54, 1.807) is 18.2 Å². The number of halogens is 2. The van der Waals surface area contributed by atoms with Crippen LogP contribution in [0.4, 0.5) is 10.1 Å². The Morgan fingerprint density at radius 2 is 1.92 bits per heavy atom. The largest absolute Gasteiger partial charge is 0.618 e. The first kappa shape index (κ1) is 23.9. The maximum atomic E-state index is 15.3. The topological polar surface area (TPSA) is 82.9 Å². The Bertz CT molecular complexity index is 1670. The highest BCUT2D eigenvalue weighted by Crippen LogP contribution is 2.36. The third kappa shape index (κ3) is 4.43. The Balaban J connectivity index is 1.44. The van der Waals surface area contributed by atoms with Crippen molar-refractivity contribution in [2.45, 2.75) is 25.7 Å². The SMILES string of the molecule is Cc1ccc2c(c1)N=C([C@H](Cc1ccccc1)c1ccc(-c3c(-n4cnnn4)ccc(Cl)c3F)c[n+]1[O-])C2. The van der Waals surface area contributed by atoms with Gasteiger partial charge in [0.1, 0.15) is 6.33 Å². The van der Waals surface area contributed by atoms with Crippen LogP contribution in [0.15, 0.2) is 90.3 Å². The Kier molecular flexibility index (Phi) is 6.17. The van der Waals surface area contributed by atoms with E-state index in [9.17, 15) is 5.21 Å². The second kappa shape index (κ2) is 9.79. The number of rotatable bonds is 6. The molecule has 0 N–H and O–H groups in total. The van der Waals surface area contributed by atoms with Gasteiger partial charge >= 0.3 is 0 Å². The average molecular weight is 525 g/mol. The maximum Gasteiger partial charge on any atom is 0.201 e. The molecule has 7 nitrogen and oxygen atoms in total. The minimum absolute atomic E-state index is 0.0614. The van der Waals surface area contributed by atoms with Crippen molar-refractivity contribution < 1.29 is 9.12 Å². The third-order valence-corrected chi connectivity index (χ3v) is 7.11. The quantitative estimate of drug-likeness (QED) is 0.210. The fraction of sp³-hybridized carbons (Fsp3) is 0.138. The summed E-state index contributed by atoms with van der Waals surface area (Å²) in [5.41, 5.74) is 6.65. The van der Waals surface area contributed by atoms with Crippen LogP contribution in [-0.2, 0) is 12.8 Å². The predicted molar refractivity (Wildman–Crippen MR) is 143 cm³/mol. The summed E-state index contributed by atoms with van der Waals surface area (Å²) in [4.78, 5) is 4.94. The zero-order chi connectivity index (χ0) is 26.2. The average Bonchev–Trinajstić information content (AvgIpc) is 3.60. The van der Waals surface area contributed by atoms with Gasteiger partial charge in [-0.15, -0.1) is 5.10 Å². The van der Waals surface area contributed by atoms with Crippen LogP contribution in [0.25, 0.3) is 16.8 Å². The van der Waals surface area contributed by atoms with E-state index in [1.165, 1.54) is 23.3 Å². The molecule has 0 saturated carbocycles. The summed E-state index contributed by atoms with van der Waals surface area (Å²) in [6.45, 7) is 2.04. The van der Waals surface area contributed by atoms with Crippen molar-refractivity contribution in [1.29, 1.82) is 0 Å². The zero-order valence-corrected chi connectivity index (χ0v) is 21.2.